The maximum Gasteiger partial charge on any atom is 0.265 e. The van der Waals surface area contributed by atoms with E-state index in [1.54, 1.807) is 11.0 Å². The van der Waals surface area contributed by atoms with E-state index in [0.29, 0.717) is 5.75 Å². The molecule has 0 saturated heterocycles. The van der Waals surface area contributed by atoms with Crippen molar-refractivity contribution in [3.8, 4) is 5.75 Å². The number of hydrogen-bond acceptors (Lipinski definition) is 3. The third-order valence-corrected chi connectivity index (χ3v) is 3.39. The fraction of sp³-hybridized carbons (Fsp3) is 0.533. The lowest BCUT2D eigenvalue weighted by molar-refractivity contribution is -0.121. The molecule has 1 N–H and O–H groups in total. The van der Waals surface area contributed by atoms with Crippen LogP contribution in [0, 0.1) is 0 Å². The topological polar surface area (TPSA) is 49.8 Å². The lowest BCUT2D eigenvalue weighted by atomic mass is 10.1. The standard InChI is InChI=1S/C15H21NO3/c1-2-3-4-5-8-16-13-7-6-12(10-17)9-14(13)19-11-15(16)18/h6-7,9,17H,2-5,8,10-11H2,1H3. The van der Waals surface area contributed by atoms with Crippen LogP contribution < -0.4 is 9.64 Å². The summed E-state index contributed by atoms with van der Waals surface area (Å²) in [6, 6.07) is 5.50. The molecule has 0 bridgehead atoms. The van der Waals surface area contributed by atoms with Crippen molar-refractivity contribution in [2.75, 3.05) is 18.1 Å². The van der Waals surface area contributed by atoms with Crippen LogP contribution in [0.3, 0.4) is 0 Å². The molecular weight excluding hydrogens is 242 g/mol. The predicted molar refractivity (Wildman–Crippen MR) is 74.4 cm³/mol. The van der Waals surface area contributed by atoms with Gasteiger partial charge in [0, 0.05) is 6.54 Å². The van der Waals surface area contributed by atoms with Gasteiger partial charge in [-0.2, -0.15) is 0 Å². The highest BCUT2D eigenvalue weighted by atomic mass is 16.5. The molecule has 1 heterocycles. The molecule has 2 rings (SSSR count). The number of carbonyl (C=O) groups excluding carboxylic acids is 1. The highest BCUT2D eigenvalue weighted by Crippen LogP contribution is 2.33. The Labute approximate surface area is 114 Å². The molecule has 104 valence electrons. The third-order valence-electron chi connectivity index (χ3n) is 3.39. The van der Waals surface area contributed by atoms with Gasteiger partial charge in [0.2, 0.25) is 0 Å². The number of aliphatic hydroxyl groups excluding tert-OH is 1. The predicted octanol–water partition coefficient (Wildman–Crippen LogP) is 2.48. The number of hydrogen-bond donors (Lipinski definition) is 1. The summed E-state index contributed by atoms with van der Waals surface area (Å²) in [5.74, 6) is 0.711. The minimum absolute atomic E-state index is 0.0128. The van der Waals surface area contributed by atoms with Crippen molar-refractivity contribution >= 4 is 11.6 Å². The van der Waals surface area contributed by atoms with E-state index in [1.807, 2.05) is 12.1 Å². The van der Waals surface area contributed by atoms with E-state index in [-0.39, 0.29) is 19.1 Å². The van der Waals surface area contributed by atoms with Gasteiger partial charge in [-0.15, -0.1) is 0 Å². The number of anilines is 1. The highest BCUT2D eigenvalue weighted by molar-refractivity contribution is 5.97. The molecule has 1 aromatic rings. The van der Waals surface area contributed by atoms with E-state index in [4.69, 9.17) is 9.84 Å². The molecule has 0 aromatic heterocycles. The number of nitrogens with zero attached hydrogens (tertiary/aromatic N) is 1. The van der Waals surface area contributed by atoms with Gasteiger partial charge >= 0.3 is 0 Å². The molecule has 1 aliphatic heterocycles. The Balaban J connectivity index is 2.09. The minimum atomic E-state index is -0.0128. The number of fused-ring (bicyclic) bond motifs is 1. The number of ether oxygens (including phenoxy) is 1. The Bertz CT molecular complexity index is 445. The summed E-state index contributed by atoms with van der Waals surface area (Å²) in [4.78, 5) is 13.7. The summed E-state index contributed by atoms with van der Waals surface area (Å²) in [6.07, 6.45) is 4.55. The first kappa shape index (κ1) is 13.9. The molecule has 4 heteroatoms. The summed E-state index contributed by atoms with van der Waals surface area (Å²) in [6.45, 7) is 3.00. The number of amides is 1. The van der Waals surface area contributed by atoms with Crippen molar-refractivity contribution in [1.82, 2.24) is 0 Å². The summed E-state index contributed by atoms with van der Waals surface area (Å²) >= 11 is 0. The third kappa shape index (κ3) is 3.26. The van der Waals surface area contributed by atoms with Crippen molar-refractivity contribution in [2.24, 2.45) is 0 Å². The number of unbranched alkanes of at least 4 members (excludes halogenated alkanes) is 3. The number of rotatable bonds is 6. The van der Waals surface area contributed by atoms with E-state index in [0.717, 1.165) is 30.6 Å². The van der Waals surface area contributed by atoms with E-state index in [2.05, 4.69) is 6.92 Å². The van der Waals surface area contributed by atoms with Crippen molar-refractivity contribution in [2.45, 2.75) is 39.2 Å². The Kier molecular flexibility index (Phi) is 4.80. The monoisotopic (exact) mass is 263 g/mol. The molecule has 4 nitrogen and oxygen atoms in total. The van der Waals surface area contributed by atoms with Gasteiger partial charge in [0.25, 0.3) is 5.91 Å². The molecule has 0 spiro atoms. The van der Waals surface area contributed by atoms with Crippen LogP contribution in [0.2, 0.25) is 0 Å². The van der Waals surface area contributed by atoms with Crippen LogP contribution in [0.4, 0.5) is 5.69 Å². The summed E-state index contributed by atoms with van der Waals surface area (Å²) in [5.41, 5.74) is 1.63. The highest BCUT2D eigenvalue weighted by Gasteiger charge is 2.24. The van der Waals surface area contributed by atoms with E-state index < -0.39 is 0 Å². The van der Waals surface area contributed by atoms with Crippen LogP contribution in [0.1, 0.15) is 38.2 Å². The van der Waals surface area contributed by atoms with Crippen LogP contribution >= 0.6 is 0 Å². The van der Waals surface area contributed by atoms with E-state index in [1.165, 1.54) is 12.8 Å². The Morgan fingerprint density at radius 2 is 2.16 bits per heavy atom. The van der Waals surface area contributed by atoms with Crippen LogP contribution in [-0.2, 0) is 11.4 Å². The average Bonchev–Trinajstić information content (AvgIpc) is 2.45. The van der Waals surface area contributed by atoms with Gasteiger partial charge in [-0.1, -0.05) is 32.3 Å². The molecule has 1 aromatic carbocycles. The maximum absolute atomic E-state index is 11.9. The van der Waals surface area contributed by atoms with Crippen LogP contribution in [-0.4, -0.2) is 24.2 Å². The normalized spacial score (nSPS) is 14.2. The average molecular weight is 263 g/mol. The Hall–Kier alpha value is -1.55. The van der Waals surface area contributed by atoms with Crippen molar-refractivity contribution < 1.29 is 14.6 Å². The molecule has 0 atom stereocenters. The first-order valence-electron chi connectivity index (χ1n) is 6.93. The minimum Gasteiger partial charge on any atom is -0.482 e. The van der Waals surface area contributed by atoms with Gasteiger partial charge in [-0.25, -0.2) is 0 Å². The molecule has 0 radical (unpaired) electrons. The SMILES string of the molecule is CCCCCCN1C(=O)COc2cc(CO)ccc21. The molecule has 0 aliphatic carbocycles. The van der Waals surface area contributed by atoms with Gasteiger partial charge in [0.15, 0.2) is 6.61 Å². The van der Waals surface area contributed by atoms with Crippen molar-refractivity contribution in [1.29, 1.82) is 0 Å². The molecular formula is C15H21NO3. The molecule has 19 heavy (non-hydrogen) atoms. The summed E-state index contributed by atoms with van der Waals surface area (Å²) in [5, 5.41) is 9.12. The zero-order chi connectivity index (χ0) is 13.7. The van der Waals surface area contributed by atoms with Crippen LogP contribution in [0.5, 0.6) is 5.75 Å². The number of benzene rings is 1. The first-order chi connectivity index (χ1) is 9.26. The van der Waals surface area contributed by atoms with E-state index >= 15 is 0 Å². The van der Waals surface area contributed by atoms with E-state index in [9.17, 15) is 4.79 Å². The van der Waals surface area contributed by atoms with Gasteiger partial charge in [-0.3, -0.25) is 4.79 Å². The first-order valence-corrected chi connectivity index (χ1v) is 6.93. The van der Waals surface area contributed by atoms with Gasteiger partial charge in [-0.05, 0) is 24.1 Å². The van der Waals surface area contributed by atoms with Crippen LogP contribution in [0.15, 0.2) is 18.2 Å². The van der Waals surface area contributed by atoms with Gasteiger partial charge in [0.05, 0.1) is 12.3 Å². The largest absolute Gasteiger partial charge is 0.482 e. The quantitative estimate of drug-likeness (QED) is 0.802. The van der Waals surface area contributed by atoms with Crippen molar-refractivity contribution in [3.05, 3.63) is 23.8 Å². The zero-order valence-electron chi connectivity index (χ0n) is 11.4. The van der Waals surface area contributed by atoms with Crippen molar-refractivity contribution in [3.63, 3.8) is 0 Å². The molecule has 0 saturated carbocycles. The summed E-state index contributed by atoms with van der Waals surface area (Å²) in [7, 11) is 0. The molecule has 0 unspecified atom stereocenters. The fourth-order valence-corrected chi connectivity index (χ4v) is 2.29. The van der Waals surface area contributed by atoms with Gasteiger partial charge in [0.1, 0.15) is 5.75 Å². The smallest absolute Gasteiger partial charge is 0.265 e. The number of carbonyl (C=O) groups is 1. The summed E-state index contributed by atoms with van der Waals surface area (Å²) < 4.78 is 5.43. The fourth-order valence-electron chi connectivity index (χ4n) is 2.29. The zero-order valence-corrected chi connectivity index (χ0v) is 11.4. The maximum atomic E-state index is 11.9. The lowest BCUT2D eigenvalue weighted by Crippen LogP contribution is -2.39. The molecule has 1 aliphatic rings. The second-order valence-electron chi connectivity index (χ2n) is 4.85. The van der Waals surface area contributed by atoms with Crippen LogP contribution in [0.25, 0.3) is 0 Å². The Morgan fingerprint density at radius 3 is 2.89 bits per heavy atom. The lowest BCUT2D eigenvalue weighted by Gasteiger charge is -2.29. The second kappa shape index (κ2) is 6.57. The molecule has 1 amide bonds. The molecule has 0 fully saturated rings. The van der Waals surface area contributed by atoms with Gasteiger partial charge < -0.3 is 14.7 Å². The Morgan fingerprint density at radius 1 is 1.32 bits per heavy atom. The second-order valence-corrected chi connectivity index (χ2v) is 4.85. The number of aliphatic hydroxyl groups is 1.